The zero-order chi connectivity index (χ0) is 32.3. The third kappa shape index (κ3) is 9.90. The SMILES string of the molecule is CC1=NC(CCc2ccc(-c3ccc(Sc4ccc(C)cc4)cc3F)cc2Cl)(COP(=O)(OC(C)(C)C)OC(C)(C)C)CO1. The van der Waals surface area contributed by atoms with Crippen LogP contribution in [0, 0.1) is 12.7 Å². The minimum Gasteiger partial charge on any atom is -0.479 e. The van der Waals surface area contributed by atoms with Gasteiger partial charge in [0.05, 0.1) is 17.8 Å². The van der Waals surface area contributed by atoms with Crippen molar-refractivity contribution in [2.45, 2.75) is 94.8 Å². The fourth-order valence-electron chi connectivity index (χ4n) is 4.67. The Labute approximate surface area is 270 Å². The number of phosphoric ester groups is 1. The third-order valence-corrected chi connectivity index (χ3v) is 9.97. The average molecular weight is 662 g/mol. The molecule has 0 saturated carbocycles. The van der Waals surface area contributed by atoms with Crippen molar-refractivity contribution in [3.8, 4) is 11.1 Å². The van der Waals surface area contributed by atoms with Gasteiger partial charge >= 0.3 is 7.82 Å². The largest absolute Gasteiger partial charge is 0.479 e. The summed E-state index contributed by atoms with van der Waals surface area (Å²) in [5, 5.41) is 0.522. The third-order valence-electron chi connectivity index (χ3n) is 6.63. The summed E-state index contributed by atoms with van der Waals surface area (Å²) in [7, 11) is -3.94. The normalized spacial score (nSPS) is 17.5. The van der Waals surface area contributed by atoms with E-state index in [1.807, 2.05) is 49.4 Å². The summed E-state index contributed by atoms with van der Waals surface area (Å²) in [5.74, 6) is 0.215. The summed E-state index contributed by atoms with van der Waals surface area (Å²) in [6.45, 7) is 14.8. The van der Waals surface area contributed by atoms with Crippen LogP contribution in [0.3, 0.4) is 0 Å². The van der Waals surface area contributed by atoms with Gasteiger partial charge in [-0.3, -0.25) is 13.6 Å². The number of aryl methyl sites for hydroxylation is 2. The van der Waals surface area contributed by atoms with Gasteiger partial charge < -0.3 is 4.74 Å². The molecule has 0 aromatic heterocycles. The van der Waals surface area contributed by atoms with Crippen molar-refractivity contribution >= 4 is 37.1 Å². The van der Waals surface area contributed by atoms with Crippen LogP contribution in [0.15, 0.2) is 75.4 Å². The van der Waals surface area contributed by atoms with E-state index in [9.17, 15) is 4.57 Å². The van der Waals surface area contributed by atoms with Gasteiger partial charge in [0.15, 0.2) is 5.90 Å². The van der Waals surface area contributed by atoms with Crippen LogP contribution >= 0.6 is 31.2 Å². The minimum absolute atomic E-state index is 0.0262. The van der Waals surface area contributed by atoms with E-state index in [2.05, 4.69) is 0 Å². The van der Waals surface area contributed by atoms with Crippen LogP contribution < -0.4 is 0 Å². The molecule has 0 spiro atoms. The van der Waals surface area contributed by atoms with Crippen molar-refractivity contribution in [2.24, 2.45) is 4.99 Å². The second-order valence-electron chi connectivity index (χ2n) is 13.1. The number of halogens is 2. The molecule has 0 radical (unpaired) electrons. The number of nitrogens with zero attached hydrogens (tertiary/aromatic N) is 1. The Morgan fingerprint density at radius 2 is 1.59 bits per heavy atom. The Bertz CT molecular complexity index is 1530. The summed E-state index contributed by atoms with van der Waals surface area (Å²) in [4.78, 5) is 6.60. The highest BCUT2D eigenvalue weighted by atomic mass is 35.5. The monoisotopic (exact) mass is 661 g/mol. The average Bonchev–Trinajstić information content (AvgIpc) is 3.27. The first kappa shape index (κ1) is 34.7. The van der Waals surface area contributed by atoms with Crippen molar-refractivity contribution in [3.05, 3.63) is 82.6 Å². The molecule has 44 heavy (non-hydrogen) atoms. The Morgan fingerprint density at radius 1 is 0.955 bits per heavy atom. The van der Waals surface area contributed by atoms with Crippen LogP contribution in [-0.2, 0) is 29.3 Å². The van der Waals surface area contributed by atoms with E-state index >= 15 is 4.39 Å². The molecule has 1 atom stereocenters. The van der Waals surface area contributed by atoms with E-state index in [0.717, 1.165) is 15.4 Å². The van der Waals surface area contributed by atoms with Crippen molar-refractivity contribution in [2.75, 3.05) is 13.2 Å². The maximum absolute atomic E-state index is 15.2. The van der Waals surface area contributed by atoms with E-state index in [-0.39, 0.29) is 19.0 Å². The van der Waals surface area contributed by atoms with Crippen LogP contribution in [0.1, 0.15) is 66.0 Å². The summed E-state index contributed by atoms with van der Waals surface area (Å²) in [6.07, 6.45) is 1.05. The van der Waals surface area contributed by atoms with Gasteiger partial charge in [-0.05, 0) is 103 Å². The molecule has 6 nitrogen and oxygen atoms in total. The zero-order valence-electron chi connectivity index (χ0n) is 26.7. The molecule has 1 unspecified atom stereocenters. The lowest BCUT2D eigenvalue weighted by Crippen LogP contribution is -2.36. The lowest BCUT2D eigenvalue weighted by Gasteiger charge is -2.33. The molecule has 3 aromatic rings. The number of phosphoric acid groups is 1. The van der Waals surface area contributed by atoms with Gasteiger partial charge in [-0.1, -0.05) is 59.3 Å². The lowest BCUT2D eigenvalue weighted by atomic mass is 9.93. The molecular weight excluding hydrogens is 620 g/mol. The predicted octanol–water partition coefficient (Wildman–Crippen LogP) is 10.5. The lowest BCUT2D eigenvalue weighted by molar-refractivity contribution is -0.00466. The molecule has 1 aliphatic heterocycles. The Kier molecular flexibility index (Phi) is 10.8. The van der Waals surface area contributed by atoms with E-state index in [4.69, 9.17) is 34.9 Å². The zero-order valence-corrected chi connectivity index (χ0v) is 29.2. The maximum atomic E-state index is 15.2. The van der Waals surface area contributed by atoms with Crippen LogP contribution in [0.4, 0.5) is 4.39 Å². The van der Waals surface area contributed by atoms with E-state index in [1.165, 1.54) is 17.3 Å². The van der Waals surface area contributed by atoms with E-state index < -0.39 is 24.6 Å². The Hall–Kier alpha value is -2.19. The molecule has 0 aliphatic carbocycles. The molecule has 0 bridgehead atoms. The molecule has 0 amide bonds. The molecule has 10 heteroatoms. The first-order chi connectivity index (χ1) is 20.4. The Morgan fingerprint density at radius 3 is 2.14 bits per heavy atom. The number of benzene rings is 3. The Balaban J connectivity index is 1.47. The number of rotatable bonds is 11. The van der Waals surface area contributed by atoms with E-state index in [0.29, 0.717) is 34.9 Å². The van der Waals surface area contributed by atoms with Crippen LogP contribution in [-0.4, -0.2) is 35.9 Å². The van der Waals surface area contributed by atoms with Gasteiger partial charge in [0.2, 0.25) is 0 Å². The molecule has 1 heterocycles. The van der Waals surface area contributed by atoms with Gasteiger partial charge in [0.25, 0.3) is 0 Å². The standard InChI is InChI=1S/C34H42ClFNO5PS/c1-23-9-13-27(14-10-23)44-28-15-16-29(31(36)20-28)26-12-11-25(30(35)19-26)17-18-34(21-39-24(2)37-34)22-40-43(38,41-32(3,4)5)42-33(6,7)8/h9-16,19-20H,17-18,21-22H2,1-8H3. The van der Waals surface area contributed by atoms with Crippen LogP contribution in [0.25, 0.3) is 11.1 Å². The van der Waals surface area contributed by atoms with Gasteiger partial charge in [0, 0.05) is 27.3 Å². The van der Waals surface area contributed by atoms with Crippen molar-refractivity contribution in [1.29, 1.82) is 0 Å². The number of hydrogen-bond acceptors (Lipinski definition) is 7. The molecular formula is C34H42ClFNO5PS. The minimum atomic E-state index is -3.94. The molecule has 3 aromatic carbocycles. The molecule has 0 saturated heterocycles. The van der Waals surface area contributed by atoms with Crippen LogP contribution in [0.2, 0.25) is 5.02 Å². The molecule has 4 rings (SSSR count). The number of ether oxygens (including phenoxy) is 1. The van der Waals surface area contributed by atoms with Crippen molar-refractivity contribution < 1.29 is 27.3 Å². The van der Waals surface area contributed by atoms with Crippen molar-refractivity contribution in [3.63, 3.8) is 0 Å². The number of hydrogen-bond donors (Lipinski definition) is 0. The molecule has 0 N–H and O–H groups in total. The van der Waals surface area contributed by atoms with E-state index in [1.54, 1.807) is 66.7 Å². The first-order valence-corrected chi connectivity index (χ1v) is 17.3. The van der Waals surface area contributed by atoms with Gasteiger partial charge in [0.1, 0.15) is 18.0 Å². The highest BCUT2D eigenvalue weighted by Gasteiger charge is 2.43. The van der Waals surface area contributed by atoms with Gasteiger partial charge in [-0.2, -0.15) is 0 Å². The van der Waals surface area contributed by atoms with Crippen LogP contribution in [0.5, 0.6) is 0 Å². The number of aliphatic imine (C=N–C) groups is 1. The van der Waals surface area contributed by atoms with Crippen molar-refractivity contribution in [1.82, 2.24) is 0 Å². The summed E-state index contributed by atoms with van der Waals surface area (Å²) < 4.78 is 52.1. The topological polar surface area (TPSA) is 66.4 Å². The van der Waals surface area contributed by atoms with Gasteiger partial charge in [-0.15, -0.1) is 0 Å². The molecule has 1 aliphatic rings. The first-order valence-electron chi connectivity index (χ1n) is 14.6. The molecule has 0 fully saturated rings. The smallest absolute Gasteiger partial charge is 0.475 e. The summed E-state index contributed by atoms with van der Waals surface area (Å²) in [6, 6.07) is 19.0. The highest BCUT2D eigenvalue weighted by molar-refractivity contribution is 7.99. The summed E-state index contributed by atoms with van der Waals surface area (Å²) >= 11 is 8.25. The highest BCUT2D eigenvalue weighted by Crippen LogP contribution is 2.56. The second-order valence-corrected chi connectivity index (χ2v) is 16.2. The van der Waals surface area contributed by atoms with Gasteiger partial charge in [-0.25, -0.2) is 13.9 Å². The molecule has 238 valence electrons. The fourth-order valence-corrected chi connectivity index (χ4v) is 7.67. The maximum Gasteiger partial charge on any atom is 0.475 e. The quantitative estimate of drug-likeness (QED) is 0.191. The summed E-state index contributed by atoms with van der Waals surface area (Å²) in [5.41, 5.74) is 0.917. The predicted molar refractivity (Wildman–Crippen MR) is 177 cm³/mol. The second kappa shape index (κ2) is 13.7. The fraction of sp³-hybridized carbons (Fsp3) is 0.441.